The zero-order valence-corrected chi connectivity index (χ0v) is 12.9. The molecule has 0 radical (unpaired) electrons. The standard InChI is InChI=1S/C17H17F3N2O2/c18-17(19,20)16(11-22(23)24,12-6-2-1-3-7-12)14-10-21-15-9-5-4-8-13(14)15/h1-3,6-7,10,21H,4-5,8-9,11H2/t16-/m1/s1. The van der Waals surface area contributed by atoms with Gasteiger partial charge < -0.3 is 4.98 Å². The van der Waals surface area contributed by atoms with Crippen LogP contribution in [0.5, 0.6) is 0 Å². The molecule has 1 aliphatic carbocycles. The zero-order chi connectivity index (χ0) is 17.4. The SMILES string of the molecule is O=[N+]([O-])C[C@@](c1ccccc1)(c1c[nH]c2c1CCCC2)C(F)(F)F. The van der Waals surface area contributed by atoms with Crippen LogP contribution >= 0.6 is 0 Å². The van der Waals surface area contributed by atoms with E-state index >= 15 is 0 Å². The third-order valence-electron chi connectivity index (χ3n) is 4.76. The molecule has 0 unspecified atom stereocenters. The van der Waals surface area contributed by atoms with Crippen LogP contribution in [0.1, 0.15) is 35.2 Å². The molecule has 128 valence electrons. The fourth-order valence-electron chi connectivity index (χ4n) is 3.64. The fourth-order valence-corrected chi connectivity index (χ4v) is 3.64. The van der Waals surface area contributed by atoms with Gasteiger partial charge in [-0.15, -0.1) is 0 Å². The van der Waals surface area contributed by atoms with Gasteiger partial charge in [0.2, 0.25) is 6.54 Å². The Labute approximate surface area is 136 Å². The van der Waals surface area contributed by atoms with Crippen molar-refractivity contribution in [3.63, 3.8) is 0 Å². The number of nitro groups is 1. The molecule has 3 rings (SSSR count). The number of fused-ring (bicyclic) bond motifs is 1. The van der Waals surface area contributed by atoms with E-state index in [0.717, 1.165) is 18.5 Å². The molecule has 0 aliphatic heterocycles. The van der Waals surface area contributed by atoms with E-state index in [-0.39, 0.29) is 11.1 Å². The summed E-state index contributed by atoms with van der Waals surface area (Å²) in [4.78, 5) is 13.2. The Balaban J connectivity index is 2.29. The lowest BCUT2D eigenvalue weighted by atomic mass is 9.72. The van der Waals surface area contributed by atoms with Gasteiger partial charge in [-0.2, -0.15) is 13.2 Å². The van der Waals surface area contributed by atoms with Crippen LogP contribution in [-0.2, 0) is 18.3 Å². The van der Waals surface area contributed by atoms with Gasteiger partial charge in [0.1, 0.15) is 0 Å². The highest BCUT2D eigenvalue weighted by molar-refractivity contribution is 5.48. The summed E-state index contributed by atoms with van der Waals surface area (Å²) >= 11 is 0. The minimum Gasteiger partial charge on any atom is -0.364 e. The highest BCUT2D eigenvalue weighted by Gasteiger charge is 2.62. The summed E-state index contributed by atoms with van der Waals surface area (Å²) in [5, 5.41) is 11.2. The molecule has 0 amide bonds. The Hall–Kier alpha value is -2.31. The topological polar surface area (TPSA) is 58.9 Å². The van der Waals surface area contributed by atoms with Crippen molar-refractivity contribution in [1.29, 1.82) is 0 Å². The van der Waals surface area contributed by atoms with E-state index in [1.165, 1.54) is 30.5 Å². The van der Waals surface area contributed by atoms with E-state index in [1.54, 1.807) is 6.07 Å². The molecule has 24 heavy (non-hydrogen) atoms. The molecule has 0 fully saturated rings. The molecule has 1 heterocycles. The number of aryl methyl sites for hydroxylation is 1. The first-order chi connectivity index (χ1) is 11.4. The van der Waals surface area contributed by atoms with Gasteiger partial charge >= 0.3 is 6.18 Å². The minimum atomic E-state index is -4.78. The van der Waals surface area contributed by atoms with E-state index in [0.29, 0.717) is 18.4 Å². The van der Waals surface area contributed by atoms with Crippen LogP contribution in [0, 0.1) is 10.1 Å². The summed E-state index contributed by atoms with van der Waals surface area (Å²) in [6.45, 7) is -1.22. The molecular formula is C17H17F3N2O2. The molecular weight excluding hydrogens is 321 g/mol. The van der Waals surface area contributed by atoms with Gasteiger partial charge in [-0.25, -0.2) is 0 Å². The maximum atomic E-state index is 14.2. The van der Waals surface area contributed by atoms with Gasteiger partial charge in [0.25, 0.3) is 0 Å². The molecule has 1 aliphatic rings. The van der Waals surface area contributed by atoms with Crippen LogP contribution in [0.25, 0.3) is 0 Å². The molecule has 0 bridgehead atoms. The maximum absolute atomic E-state index is 14.2. The highest BCUT2D eigenvalue weighted by Crippen LogP contribution is 2.49. The molecule has 1 aromatic carbocycles. The van der Waals surface area contributed by atoms with Crippen molar-refractivity contribution in [1.82, 2.24) is 4.98 Å². The third-order valence-corrected chi connectivity index (χ3v) is 4.76. The van der Waals surface area contributed by atoms with Gasteiger partial charge in [-0.3, -0.25) is 10.1 Å². The predicted octanol–water partition coefficient (Wildman–Crippen LogP) is 4.02. The molecule has 1 aromatic heterocycles. The van der Waals surface area contributed by atoms with E-state index in [9.17, 15) is 23.3 Å². The van der Waals surface area contributed by atoms with Crippen molar-refractivity contribution >= 4 is 0 Å². The van der Waals surface area contributed by atoms with Crippen molar-refractivity contribution in [3.05, 3.63) is 69.0 Å². The lowest BCUT2D eigenvalue weighted by molar-refractivity contribution is -0.498. The Kier molecular flexibility index (Phi) is 4.11. The normalized spacial score (nSPS) is 17.1. The molecule has 0 saturated heterocycles. The van der Waals surface area contributed by atoms with Crippen LogP contribution in [0.15, 0.2) is 36.5 Å². The lowest BCUT2D eigenvalue weighted by Gasteiger charge is -2.34. The van der Waals surface area contributed by atoms with Crippen molar-refractivity contribution in [2.24, 2.45) is 0 Å². The number of benzene rings is 1. The highest BCUT2D eigenvalue weighted by atomic mass is 19.4. The summed E-state index contributed by atoms with van der Waals surface area (Å²) in [7, 11) is 0. The molecule has 0 spiro atoms. The second-order valence-electron chi connectivity index (χ2n) is 6.13. The molecule has 0 saturated carbocycles. The second-order valence-corrected chi connectivity index (χ2v) is 6.13. The number of nitrogens with one attached hydrogen (secondary N) is 1. The number of nitrogens with zero attached hydrogens (tertiary/aromatic N) is 1. The summed E-state index contributed by atoms with van der Waals surface area (Å²) in [5.41, 5.74) is -1.39. The van der Waals surface area contributed by atoms with Crippen LogP contribution in [0.4, 0.5) is 13.2 Å². The van der Waals surface area contributed by atoms with Gasteiger partial charge in [-0.05, 0) is 42.4 Å². The van der Waals surface area contributed by atoms with Gasteiger partial charge in [0.15, 0.2) is 5.41 Å². The Morgan fingerprint density at radius 1 is 1.12 bits per heavy atom. The van der Waals surface area contributed by atoms with Crippen molar-refractivity contribution in [3.8, 4) is 0 Å². The molecule has 2 aromatic rings. The average molecular weight is 338 g/mol. The quantitative estimate of drug-likeness (QED) is 0.676. The fraction of sp³-hybridized carbons (Fsp3) is 0.412. The smallest absolute Gasteiger partial charge is 0.364 e. The number of aromatic amines is 1. The molecule has 7 heteroatoms. The first-order valence-electron chi connectivity index (χ1n) is 7.80. The van der Waals surface area contributed by atoms with Gasteiger partial charge in [-0.1, -0.05) is 30.3 Å². The summed E-state index contributed by atoms with van der Waals surface area (Å²) in [6, 6.07) is 7.20. The first-order valence-corrected chi connectivity index (χ1v) is 7.80. The Bertz CT molecular complexity index is 740. The number of halogens is 3. The van der Waals surface area contributed by atoms with Crippen molar-refractivity contribution in [2.75, 3.05) is 6.54 Å². The number of H-pyrrole nitrogens is 1. The number of hydrogen-bond acceptors (Lipinski definition) is 2. The van der Waals surface area contributed by atoms with Crippen LogP contribution in [0.3, 0.4) is 0 Å². The third kappa shape index (κ3) is 2.57. The monoisotopic (exact) mass is 338 g/mol. The minimum absolute atomic E-state index is 0.00685. The van der Waals surface area contributed by atoms with Gasteiger partial charge in [0.05, 0.1) is 0 Å². The lowest BCUT2D eigenvalue weighted by Crippen LogP contribution is -2.49. The number of rotatable bonds is 4. The van der Waals surface area contributed by atoms with Crippen molar-refractivity contribution in [2.45, 2.75) is 37.3 Å². The number of aromatic nitrogens is 1. The van der Waals surface area contributed by atoms with E-state index in [2.05, 4.69) is 4.98 Å². The van der Waals surface area contributed by atoms with Crippen molar-refractivity contribution < 1.29 is 18.1 Å². The first kappa shape index (κ1) is 16.5. The average Bonchev–Trinajstić information content (AvgIpc) is 2.96. The molecule has 1 atom stereocenters. The Morgan fingerprint density at radius 2 is 1.79 bits per heavy atom. The largest absolute Gasteiger partial charge is 0.408 e. The number of alkyl halides is 3. The van der Waals surface area contributed by atoms with Crippen LogP contribution in [-0.4, -0.2) is 22.6 Å². The summed E-state index contributed by atoms with van der Waals surface area (Å²) in [5.74, 6) is 0. The van der Waals surface area contributed by atoms with E-state index < -0.39 is 23.1 Å². The zero-order valence-electron chi connectivity index (χ0n) is 12.9. The van der Waals surface area contributed by atoms with Crippen LogP contribution < -0.4 is 0 Å². The molecule has 1 N–H and O–H groups in total. The van der Waals surface area contributed by atoms with E-state index in [4.69, 9.17) is 0 Å². The van der Waals surface area contributed by atoms with Gasteiger partial charge in [0, 0.05) is 16.8 Å². The van der Waals surface area contributed by atoms with Crippen LogP contribution in [0.2, 0.25) is 0 Å². The predicted molar refractivity (Wildman–Crippen MR) is 82.6 cm³/mol. The molecule has 4 nitrogen and oxygen atoms in total. The maximum Gasteiger partial charge on any atom is 0.408 e. The Morgan fingerprint density at radius 3 is 2.42 bits per heavy atom. The van der Waals surface area contributed by atoms with E-state index in [1.807, 2.05) is 0 Å². The second kappa shape index (κ2) is 5.96. The summed E-state index contributed by atoms with van der Waals surface area (Å²) < 4.78 is 42.7. The number of hydrogen-bond donors (Lipinski definition) is 1. The summed E-state index contributed by atoms with van der Waals surface area (Å²) in [6.07, 6.45) is -0.576.